The van der Waals surface area contributed by atoms with E-state index in [1.54, 1.807) is 13.2 Å². The van der Waals surface area contributed by atoms with Crippen LogP contribution in [0.4, 0.5) is 4.79 Å². The molecule has 6 nitrogen and oxygen atoms in total. The lowest BCUT2D eigenvalue weighted by atomic mass is 10.1. The van der Waals surface area contributed by atoms with Crippen molar-refractivity contribution in [3.8, 4) is 11.5 Å². The van der Waals surface area contributed by atoms with E-state index in [9.17, 15) is 9.59 Å². The van der Waals surface area contributed by atoms with Crippen LogP contribution in [-0.4, -0.2) is 49.0 Å². The molecular formula is C19H24BrNO5S. The molecule has 2 amide bonds. The molecule has 0 bridgehead atoms. The lowest BCUT2D eigenvalue weighted by molar-refractivity contribution is -0.122. The summed E-state index contributed by atoms with van der Waals surface area (Å²) < 4.78 is 17.2. The topological polar surface area (TPSA) is 65.1 Å². The van der Waals surface area contributed by atoms with Crippen molar-refractivity contribution < 1.29 is 23.8 Å². The van der Waals surface area contributed by atoms with Gasteiger partial charge in [0.25, 0.3) is 11.1 Å². The van der Waals surface area contributed by atoms with E-state index in [2.05, 4.69) is 15.9 Å². The first-order valence-electron chi connectivity index (χ1n) is 8.74. The predicted octanol–water partition coefficient (Wildman–Crippen LogP) is 4.71. The highest BCUT2D eigenvalue weighted by Gasteiger charge is 2.34. The number of imide groups is 1. The smallest absolute Gasteiger partial charge is 0.293 e. The maximum Gasteiger partial charge on any atom is 0.293 e. The second-order valence-corrected chi connectivity index (χ2v) is 7.96. The zero-order valence-corrected chi connectivity index (χ0v) is 18.3. The zero-order valence-electron chi connectivity index (χ0n) is 15.9. The number of carbonyl (C=O) groups excluding carboxylic acids is 2. The van der Waals surface area contributed by atoms with Crippen LogP contribution in [0.5, 0.6) is 11.5 Å². The largest absolute Gasteiger partial charge is 0.490 e. The van der Waals surface area contributed by atoms with Gasteiger partial charge in [0.1, 0.15) is 0 Å². The number of halogens is 1. The average Bonchev–Trinajstić information content (AvgIpc) is 2.85. The van der Waals surface area contributed by atoms with Crippen LogP contribution in [0.25, 0.3) is 6.08 Å². The minimum atomic E-state index is -0.280. The minimum Gasteiger partial charge on any atom is -0.490 e. The molecule has 0 atom stereocenters. The quantitative estimate of drug-likeness (QED) is 0.395. The molecular weight excluding hydrogens is 434 g/mol. The summed E-state index contributed by atoms with van der Waals surface area (Å²) in [6, 6.07) is 3.66. The van der Waals surface area contributed by atoms with Gasteiger partial charge in [-0.05, 0) is 78.7 Å². The summed E-state index contributed by atoms with van der Waals surface area (Å²) in [5, 5.41) is -0.258. The molecule has 27 heavy (non-hydrogen) atoms. The summed E-state index contributed by atoms with van der Waals surface area (Å²) in [5.41, 5.74) is 0.754. The van der Waals surface area contributed by atoms with Crippen molar-refractivity contribution in [1.29, 1.82) is 0 Å². The molecule has 1 fully saturated rings. The van der Waals surface area contributed by atoms with Crippen LogP contribution in [-0.2, 0) is 9.53 Å². The van der Waals surface area contributed by atoms with Crippen LogP contribution >= 0.6 is 27.7 Å². The molecule has 0 aliphatic carbocycles. The van der Waals surface area contributed by atoms with E-state index in [0.717, 1.165) is 21.8 Å². The van der Waals surface area contributed by atoms with Crippen LogP contribution < -0.4 is 9.47 Å². The number of methoxy groups -OCH3 is 1. The highest BCUT2D eigenvalue weighted by Crippen LogP contribution is 2.39. The summed E-state index contributed by atoms with van der Waals surface area (Å²) in [7, 11) is 1.59. The van der Waals surface area contributed by atoms with Crippen molar-refractivity contribution in [2.24, 2.45) is 0 Å². The first kappa shape index (κ1) is 21.8. The highest BCUT2D eigenvalue weighted by molar-refractivity contribution is 9.10. The van der Waals surface area contributed by atoms with E-state index in [0.29, 0.717) is 42.6 Å². The maximum atomic E-state index is 12.5. The van der Waals surface area contributed by atoms with Crippen LogP contribution in [0.1, 0.15) is 32.8 Å². The van der Waals surface area contributed by atoms with Gasteiger partial charge in [-0.1, -0.05) is 0 Å². The number of rotatable bonds is 9. The van der Waals surface area contributed by atoms with Crippen LogP contribution in [0.15, 0.2) is 21.5 Å². The number of hydrogen-bond acceptors (Lipinski definition) is 6. The molecule has 0 unspecified atom stereocenters. The standard InChI is InChI=1S/C19H24BrNO5S/c1-5-25-15-10-13(9-14(20)17(15)26-12(2)3)11-16-18(22)21(19(23)27-16)7-6-8-24-4/h9-12H,5-8H2,1-4H3/b16-11+. The van der Waals surface area contributed by atoms with Gasteiger partial charge < -0.3 is 14.2 Å². The minimum absolute atomic E-state index is 0.00467. The molecule has 0 saturated carbocycles. The number of nitrogens with zero attached hydrogens (tertiary/aromatic N) is 1. The Hall–Kier alpha value is -1.51. The van der Waals surface area contributed by atoms with Gasteiger partial charge >= 0.3 is 0 Å². The molecule has 1 aliphatic heterocycles. The number of thioether (sulfide) groups is 1. The Morgan fingerprint density at radius 2 is 2.04 bits per heavy atom. The Bertz CT molecular complexity index is 735. The van der Waals surface area contributed by atoms with Crippen molar-refractivity contribution in [2.45, 2.75) is 33.3 Å². The highest BCUT2D eigenvalue weighted by atomic mass is 79.9. The Labute approximate surface area is 172 Å². The van der Waals surface area contributed by atoms with Crippen molar-refractivity contribution in [2.75, 3.05) is 26.9 Å². The lowest BCUT2D eigenvalue weighted by Crippen LogP contribution is -2.29. The molecule has 0 radical (unpaired) electrons. The summed E-state index contributed by atoms with van der Waals surface area (Å²) in [6.45, 7) is 7.12. The van der Waals surface area contributed by atoms with Gasteiger partial charge in [0.15, 0.2) is 11.5 Å². The van der Waals surface area contributed by atoms with Gasteiger partial charge in [-0.3, -0.25) is 14.5 Å². The Morgan fingerprint density at radius 1 is 1.30 bits per heavy atom. The molecule has 1 aromatic carbocycles. The molecule has 1 aliphatic rings. The molecule has 148 valence electrons. The molecule has 8 heteroatoms. The number of amides is 2. The Kier molecular flexibility index (Phi) is 8.19. The van der Waals surface area contributed by atoms with E-state index in [4.69, 9.17) is 14.2 Å². The van der Waals surface area contributed by atoms with Gasteiger partial charge in [0.05, 0.1) is 22.1 Å². The number of ether oxygens (including phenoxy) is 3. The van der Waals surface area contributed by atoms with E-state index in [1.165, 1.54) is 4.90 Å². The van der Waals surface area contributed by atoms with E-state index >= 15 is 0 Å². The van der Waals surface area contributed by atoms with Crippen molar-refractivity contribution >= 4 is 44.9 Å². The summed E-state index contributed by atoms with van der Waals surface area (Å²) in [5.74, 6) is 0.931. The molecule has 0 N–H and O–H groups in total. The van der Waals surface area contributed by atoms with Crippen LogP contribution in [0.2, 0.25) is 0 Å². The summed E-state index contributed by atoms with van der Waals surface area (Å²) >= 11 is 4.45. The number of hydrogen-bond donors (Lipinski definition) is 0. The fourth-order valence-corrected chi connectivity index (χ4v) is 3.91. The van der Waals surface area contributed by atoms with E-state index < -0.39 is 0 Å². The van der Waals surface area contributed by atoms with Gasteiger partial charge in [0.2, 0.25) is 0 Å². The van der Waals surface area contributed by atoms with E-state index in [-0.39, 0.29) is 17.3 Å². The fraction of sp³-hybridized carbons (Fsp3) is 0.474. The van der Waals surface area contributed by atoms with Gasteiger partial charge in [-0.25, -0.2) is 0 Å². The van der Waals surface area contributed by atoms with Crippen molar-refractivity contribution in [3.05, 3.63) is 27.1 Å². The molecule has 1 saturated heterocycles. The molecule has 0 spiro atoms. The van der Waals surface area contributed by atoms with Gasteiger partial charge in [0, 0.05) is 20.3 Å². The normalized spacial score (nSPS) is 15.9. The summed E-state index contributed by atoms with van der Waals surface area (Å²) in [6.07, 6.45) is 2.31. The third-order valence-corrected chi connectivity index (χ3v) is 5.08. The average molecular weight is 458 g/mol. The third kappa shape index (κ3) is 5.73. The fourth-order valence-electron chi connectivity index (χ4n) is 2.50. The Morgan fingerprint density at radius 3 is 2.67 bits per heavy atom. The Balaban J connectivity index is 2.27. The second-order valence-electron chi connectivity index (χ2n) is 6.11. The summed E-state index contributed by atoms with van der Waals surface area (Å²) in [4.78, 5) is 26.3. The first-order chi connectivity index (χ1) is 12.9. The van der Waals surface area contributed by atoms with Crippen LogP contribution in [0.3, 0.4) is 0 Å². The van der Waals surface area contributed by atoms with Crippen molar-refractivity contribution in [1.82, 2.24) is 4.90 Å². The van der Waals surface area contributed by atoms with Gasteiger partial charge in [-0.15, -0.1) is 0 Å². The molecule has 2 rings (SSSR count). The third-order valence-electron chi connectivity index (χ3n) is 3.59. The molecule has 1 heterocycles. The second kappa shape index (κ2) is 10.1. The SMILES string of the molecule is CCOc1cc(/C=C2/SC(=O)N(CCCOC)C2=O)cc(Br)c1OC(C)C. The zero-order chi connectivity index (χ0) is 20.0. The maximum absolute atomic E-state index is 12.5. The van der Waals surface area contributed by atoms with Gasteiger partial charge in [-0.2, -0.15) is 0 Å². The van der Waals surface area contributed by atoms with Crippen LogP contribution in [0, 0.1) is 0 Å². The number of carbonyl (C=O) groups is 2. The van der Waals surface area contributed by atoms with E-state index in [1.807, 2.05) is 32.9 Å². The first-order valence-corrected chi connectivity index (χ1v) is 10.4. The molecule has 0 aromatic heterocycles. The number of benzene rings is 1. The monoisotopic (exact) mass is 457 g/mol. The molecule has 1 aromatic rings. The predicted molar refractivity (Wildman–Crippen MR) is 110 cm³/mol. The lowest BCUT2D eigenvalue weighted by Gasteiger charge is -2.17. The van der Waals surface area contributed by atoms with Crippen molar-refractivity contribution in [3.63, 3.8) is 0 Å².